The third-order valence-corrected chi connectivity index (χ3v) is 4.11. The van der Waals surface area contributed by atoms with Gasteiger partial charge < -0.3 is 20.2 Å². The molecule has 3 aromatic rings. The topological polar surface area (TPSA) is 77.3 Å². The Morgan fingerprint density at radius 3 is 2.55 bits per heavy atom. The van der Waals surface area contributed by atoms with Crippen molar-refractivity contribution >= 4 is 29.3 Å². The molecule has 156 valence electrons. The summed E-state index contributed by atoms with van der Waals surface area (Å²) in [6, 6.07) is 13.9. The summed E-state index contributed by atoms with van der Waals surface area (Å²) in [5.41, 5.74) is 8.23. The van der Waals surface area contributed by atoms with Gasteiger partial charge in [0.05, 0.1) is 0 Å². The van der Waals surface area contributed by atoms with Gasteiger partial charge >= 0.3 is 12.1 Å². The van der Waals surface area contributed by atoms with Gasteiger partial charge in [-0.15, -0.1) is 12.4 Å². The van der Waals surface area contributed by atoms with E-state index >= 15 is 0 Å². The number of H-pyrrole nitrogens is 1. The molecule has 2 aromatic carbocycles. The van der Waals surface area contributed by atoms with E-state index in [9.17, 15) is 18.0 Å². The number of rotatable bonds is 7. The molecule has 0 radical (unpaired) electrons. The van der Waals surface area contributed by atoms with Crippen molar-refractivity contribution in [1.82, 2.24) is 4.98 Å². The number of hydrogen-bond acceptors (Lipinski definition) is 4. The van der Waals surface area contributed by atoms with Crippen LogP contribution in [0.5, 0.6) is 5.75 Å². The van der Waals surface area contributed by atoms with E-state index < -0.39 is 24.8 Å². The number of nitrogens with two attached hydrogens (primary N) is 1. The highest BCUT2D eigenvalue weighted by Crippen LogP contribution is 2.25. The molecule has 0 spiro atoms. The minimum atomic E-state index is -4.58. The molecule has 5 nitrogen and oxygen atoms in total. The molecule has 1 atom stereocenters. The lowest BCUT2D eigenvalue weighted by Gasteiger charge is -2.12. The van der Waals surface area contributed by atoms with Crippen molar-refractivity contribution in [2.45, 2.75) is 25.2 Å². The summed E-state index contributed by atoms with van der Waals surface area (Å²) in [6.45, 7) is -1.25. The van der Waals surface area contributed by atoms with Crippen LogP contribution in [0.2, 0.25) is 0 Å². The highest BCUT2D eigenvalue weighted by Gasteiger charge is 2.31. The van der Waals surface area contributed by atoms with Crippen LogP contribution in [0, 0.1) is 0 Å². The van der Waals surface area contributed by atoms with Crippen LogP contribution in [-0.2, 0) is 22.6 Å². The second-order valence-electron chi connectivity index (χ2n) is 6.33. The first-order valence-corrected chi connectivity index (χ1v) is 8.57. The summed E-state index contributed by atoms with van der Waals surface area (Å²) in [7, 11) is 0. The molecule has 29 heavy (non-hydrogen) atoms. The number of alkyl halides is 3. The Balaban J connectivity index is 0.00000300. The zero-order chi connectivity index (χ0) is 20.1. The summed E-state index contributed by atoms with van der Waals surface area (Å²) in [4.78, 5) is 14.7. The van der Waals surface area contributed by atoms with Crippen molar-refractivity contribution in [2.24, 2.45) is 5.73 Å². The van der Waals surface area contributed by atoms with Crippen LogP contribution in [-0.4, -0.2) is 29.8 Å². The number of hydrogen-bond donors (Lipinski definition) is 2. The summed E-state index contributed by atoms with van der Waals surface area (Å²) in [6.07, 6.45) is -2.87. The van der Waals surface area contributed by atoms with E-state index in [1.807, 2.05) is 42.5 Å². The lowest BCUT2D eigenvalue weighted by molar-refractivity contribution is -0.187. The quantitative estimate of drug-likeness (QED) is 0.554. The van der Waals surface area contributed by atoms with Crippen LogP contribution in [0.15, 0.2) is 54.7 Å². The lowest BCUT2D eigenvalue weighted by atomic mass is 10.1. The summed E-state index contributed by atoms with van der Waals surface area (Å²) >= 11 is 0. The smallest absolute Gasteiger partial charge is 0.422 e. The molecule has 0 unspecified atom stereocenters. The van der Waals surface area contributed by atoms with Gasteiger partial charge in [-0.1, -0.05) is 30.3 Å². The number of nitrogens with one attached hydrogen (secondary N) is 1. The van der Waals surface area contributed by atoms with Gasteiger partial charge in [-0.05, 0) is 29.3 Å². The first-order chi connectivity index (χ1) is 13.3. The van der Waals surface area contributed by atoms with Crippen LogP contribution in [0.25, 0.3) is 10.9 Å². The van der Waals surface area contributed by atoms with Gasteiger partial charge in [0.1, 0.15) is 18.4 Å². The summed E-state index contributed by atoms with van der Waals surface area (Å²) < 4.78 is 46.5. The maximum atomic E-state index is 12.2. The predicted octanol–water partition coefficient (Wildman–Crippen LogP) is 4.14. The minimum absolute atomic E-state index is 0. The number of carbonyl (C=O) groups is 1. The highest BCUT2D eigenvalue weighted by molar-refractivity contribution is 5.86. The average Bonchev–Trinajstić information content (AvgIpc) is 3.06. The third-order valence-electron chi connectivity index (χ3n) is 4.11. The molecule has 3 N–H and O–H groups in total. The van der Waals surface area contributed by atoms with Crippen LogP contribution in [0.3, 0.4) is 0 Å². The zero-order valence-corrected chi connectivity index (χ0v) is 16.1. The molecule has 0 amide bonds. The number of aromatic nitrogens is 1. The fourth-order valence-corrected chi connectivity index (χ4v) is 2.74. The standard InChI is InChI=1S/C20H19F3N2O3.ClH/c21-20(22,23)12-28-19(26)17(24)8-14-10-25-18-7-6-15(9-16(14)18)27-11-13-4-2-1-3-5-13;/h1-7,9-10,17,25H,8,11-12,24H2;1H/t17-;/m0./s1. The van der Waals surface area contributed by atoms with E-state index in [0.29, 0.717) is 17.9 Å². The normalized spacial score (nSPS) is 12.3. The largest absolute Gasteiger partial charge is 0.489 e. The Bertz CT molecular complexity index is 945. The molecule has 1 heterocycles. The highest BCUT2D eigenvalue weighted by atomic mass is 35.5. The van der Waals surface area contributed by atoms with Crippen molar-refractivity contribution in [3.8, 4) is 5.75 Å². The van der Waals surface area contributed by atoms with Crippen LogP contribution in [0.4, 0.5) is 13.2 Å². The Labute approximate surface area is 171 Å². The molecule has 0 aliphatic heterocycles. The Morgan fingerprint density at radius 1 is 1.14 bits per heavy atom. The van der Waals surface area contributed by atoms with Crippen LogP contribution in [0.1, 0.15) is 11.1 Å². The van der Waals surface area contributed by atoms with Crippen molar-refractivity contribution < 1.29 is 27.4 Å². The van der Waals surface area contributed by atoms with E-state index in [4.69, 9.17) is 10.5 Å². The lowest BCUT2D eigenvalue weighted by Crippen LogP contribution is -2.36. The molecular weight excluding hydrogens is 409 g/mol. The van der Waals surface area contributed by atoms with Gasteiger partial charge in [-0.3, -0.25) is 4.79 Å². The number of esters is 1. The summed E-state index contributed by atoms with van der Waals surface area (Å²) in [5.74, 6) is -0.464. The average molecular weight is 429 g/mol. The minimum Gasteiger partial charge on any atom is -0.489 e. The first kappa shape index (κ1) is 22.6. The van der Waals surface area contributed by atoms with Crippen molar-refractivity contribution in [3.05, 3.63) is 65.9 Å². The fourth-order valence-electron chi connectivity index (χ4n) is 2.74. The number of benzene rings is 2. The maximum Gasteiger partial charge on any atom is 0.422 e. The third kappa shape index (κ3) is 6.40. The van der Waals surface area contributed by atoms with E-state index in [1.54, 1.807) is 12.3 Å². The molecule has 3 rings (SSSR count). The molecule has 0 bridgehead atoms. The second kappa shape index (κ2) is 9.67. The zero-order valence-electron chi connectivity index (χ0n) is 15.2. The van der Waals surface area contributed by atoms with Gasteiger partial charge in [-0.2, -0.15) is 13.2 Å². The predicted molar refractivity (Wildman–Crippen MR) is 105 cm³/mol. The molecule has 0 saturated heterocycles. The number of ether oxygens (including phenoxy) is 2. The molecular formula is C20H20ClF3N2O3. The Morgan fingerprint density at radius 2 is 1.86 bits per heavy atom. The van der Waals surface area contributed by atoms with Gasteiger partial charge in [-0.25, -0.2) is 0 Å². The van der Waals surface area contributed by atoms with E-state index in [2.05, 4.69) is 9.72 Å². The molecule has 0 fully saturated rings. The van der Waals surface area contributed by atoms with Crippen molar-refractivity contribution in [1.29, 1.82) is 0 Å². The molecule has 0 saturated carbocycles. The van der Waals surface area contributed by atoms with Gasteiger partial charge in [0.15, 0.2) is 6.61 Å². The van der Waals surface area contributed by atoms with Crippen molar-refractivity contribution in [3.63, 3.8) is 0 Å². The molecule has 9 heteroatoms. The number of aromatic amines is 1. The fraction of sp³-hybridized carbons (Fsp3) is 0.250. The Hall–Kier alpha value is -2.71. The summed E-state index contributed by atoms with van der Waals surface area (Å²) in [5, 5.41) is 0.782. The molecule has 0 aliphatic carbocycles. The monoisotopic (exact) mass is 428 g/mol. The van der Waals surface area contributed by atoms with Crippen molar-refractivity contribution in [2.75, 3.05) is 6.61 Å². The van der Waals surface area contributed by atoms with E-state index in [1.165, 1.54) is 0 Å². The number of carbonyl (C=O) groups excluding carboxylic acids is 1. The number of halogens is 4. The number of fused-ring (bicyclic) bond motifs is 1. The van der Waals surface area contributed by atoms with Gasteiger partial charge in [0.25, 0.3) is 0 Å². The van der Waals surface area contributed by atoms with E-state index in [-0.39, 0.29) is 18.8 Å². The van der Waals surface area contributed by atoms with Crippen LogP contribution >= 0.6 is 12.4 Å². The van der Waals surface area contributed by atoms with Gasteiger partial charge in [0.2, 0.25) is 0 Å². The Kier molecular flexibility index (Phi) is 7.53. The van der Waals surface area contributed by atoms with Crippen LogP contribution < -0.4 is 10.5 Å². The SMILES string of the molecule is Cl.N[C@@H](Cc1c[nH]c2ccc(OCc3ccccc3)cc12)C(=O)OCC(F)(F)F. The second-order valence-corrected chi connectivity index (χ2v) is 6.33. The van der Waals surface area contributed by atoms with Gasteiger partial charge in [0, 0.05) is 23.5 Å². The molecule has 1 aromatic heterocycles. The molecule has 0 aliphatic rings. The first-order valence-electron chi connectivity index (χ1n) is 8.57. The maximum absolute atomic E-state index is 12.2. The van der Waals surface area contributed by atoms with E-state index in [0.717, 1.165) is 16.5 Å².